The van der Waals surface area contributed by atoms with Crippen molar-refractivity contribution >= 4 is 37.8 Å². The van der Waals surface area contributed by atoms with Gasteiger partial charge in [0.05, 0.1) is 58.6 Å². The highest BCUT2D eigenvalue weighted by atomic mass is 32.2. The van der Waals surface area contributed by atoms with Crippen molar-refractivity contribution in [2.24, 2.45) is 5.41 Å². The second-order valence-corrected chi connectivity index (χ2v) is 20.4. The number of nitrogens with two attached hydrogens (primary N) is 2. The molecule has 16 nitrogen and oxygen atoms in total. The number of hydrogen-bond donors (Lipinski definition) is 6. The summed E-state index contributed by atoms with van der Waals surface area (Å²) >= 11 is 0. The Bertz CT molecular complexity index is 2950. The summed E-state index contributed by atoms with van der Waals surface area (Å²) in [5.41, 5.74) is 10.9. The summed E-state index contributed by atoms with van der Waals surface area (Å²) in [4.78, 5) is 28.2. The van der Waals surface area contributed by atoms with Crippen molar-refractivity contribution in [1.29, 1.82) is 0 Å². The molecule has 4 aromatic carbocycles. The third kappa shape index (κ3) is 11.1. The molecule has 2 heterocycles. The van der Waals surface area contributed by atoms with Gasteiger partial charge >= 0.3 is 6.09 Å². The molecule has 2 aromatic heterocycles. The Balaban J connectivity index is 1.37. The summed E-state index contributed by atoms with van der Waals surface area (Å²) in [5.74, 6) is -1.99. The summed E-state index contributed by atoms with van der Waals surface area (Å²) in [6.07, 6.45) is 4.43. The van der Waals surface area contributed by atoms with Crippen LogP contribution in [0.25, 0.3) is 44.8 Å². The first-order valence-corrected chi connectivity index (χ1v) is 23.6. The van der Waals surface area contributed by atoms with Gasteiger partial charge in [0.1, 0.15) is 28.9 Å². The van der Waals surface area contributed by atoms with Gasteiger partial charge in [-0.2, -0.15) is 0 Å². The third-order valence-electron chi connectivity index (χ3n) is 11.0. The summed E-state index contributed by atoms with van der Waals surface area (Å²) in [5, 5.41) is 13.5. The SMILES string of the molecule is C[C@@H](c1cc(-c2cnc(N)cn2)c(F)cc1-c1ccccc1S(=O)(=O)NCCNC(=O)OC(C)(C)C)C(C)(C)[C@H](CO)NS(=O)(=O)c1ccccc1-c1ccc(-c2cnc(N)cn2)c(F)c1. The van der Waals surface area contributed by atoms with Gasteiger partial charge in [-0.3, -0.25) is 9.97 Å². The number of amides is 1. The largest absolute Gasteiger partial charge is 0.444 e. The molecule has 66 heavy (non-hydrogen) atoms. The van der Waals surface area contributed by atoms with Gasteiger partial charge < -0.3 is 26.6 Å². The van der Waals surface area contributed by atoms with Crippen LogP contribution >= 0.6 is 0 Å². The second-order valence-electron chi connectivity index (χ2n) is 17.0. The average Bonchev–Trinajstić information content (AvgIpc) is 3.26. The average molecular weight is 944 g/mol. The second kappa shape index (κ2) is 19.6. The quantitative estimate of drug-likeness (QED) is 0.0557. The van der Waals surface area contributed by atoms with E-state index in [1.54, 1.807) is 59.7 Å². The minimum Gasteiger partial charge on any atom is -0.444 e. The lowest BCUT2D eigenvalue weighted by Crippen LogP contribution is -2.49. The Morgan fingerprint density at radius 3 is 1.82 bits per heavy atom. The number of benzene rings is 4. The van der Waals surface area contributed by atoms with Crippen LogP contribution in [0.3, 0.4) is 0 Å². The molecule has 6 rings (SSSR count). The standard InChI is InChI=1S/C46H51F2N9O7S2/c1-27(46(5,6)41(26-58)57-66(62,63)39-13-9-7-11-29(39)28-15-16-31(35(47)19-28)37-22-54-42(49)24-52-37)32-20-34(38-23-55-43(50)25-53-38)36(48)21-33(32)30-12-8-10-14-40(30)65(60,61)56-18-17-51-44(59)64-45(2,3)4/h7-16,19-25,27,41,56-58H,17-18,26H2,1-6H3,(H2,49,54)(H2,50,55)(H,51,59)/t27-,41-/m0/s1. The van der Waals surface area contributed by atoms with Crippen molar-refractivity contribution in [2.75, 3.05) is 31.2 Å². The van der Waals surface area contributed by atoms with Crippen LogP contribution in [0.4, 0.5) is 25.2 Å². The lowest BCUT2D eigenvalue weighted by atomic mass is 9.69. The number of nitrogens with zero attached hydrogens (tertiary/aromatic N) is 4. The maximum atomic E-state index is 16.4. The molecule has 0 aliphatic heterocycles. The predicted molar refractivity (Wildman–Crippen MR) is 247 cm³/mol. The molecule has 2 atom stereocenters. The number of alkyl carbamates (subject to hydrolysis) is 1. The maximum absolute atomic E-state index is 16.4. The predicted octanol–water partition coefficient (Wildman–Crippen LogP) is 6.65. The highest BCUT2D eigenvalue weighted by Crippen LogP contribution is 2.46. The van der Waals surface area contributed by atoms with E-state index in [1.807, 2.05) is 0 Å². The molecule has 0 saturated carbocycles. The first-order chi connectivity index (χ1) is 31.0. The lowest BCUT2D eigenvalue weighted by Gasteiger charge is -2.40. The molecular weight excluding hydrogens is 893 g/mol. The molecule has 0 spiro atoms. The van der Waals surface area contributed by atoms with Crippen LogP contribution in [0, 0.1) is 17.0 Å². The highest BCUT2D eigenvalue weighted by molar-refractivity contribution is 7.90. The van der Waals surface area contributed by atoms with Crippen LogP contribution in [0.1, 0.15) is 53.0 Å². The molecule has 20 heteroatoms. The lowest BCUT2D eigenvalue weighted by molar-refractivity contribution is 0.0528. The van der Waals surface area contributed by atoms with Gasteiger partial charge in [0.15, 0.2) is 0 Å². The summed E-state index contributed by atoms with van der Waals surface area (Å²) < 4.78 is 99.2. The zero-order valence-corrected chi connectivity index (χ0v) is 38.6. The van der Waals surface area contributed by atoms with E-state index in [4.69, 9.17) is 16.2 Å². The van der Waals surface area contributed by atoms with Gasteiger partial charge in [-0.05, 0) is 85.2 Å². The van der Waals surface area contributed by atoms with Crippen molar-refractivity contribution in [2.45, 2.75) is 68.9 Å². The molecule has 0 aliphatic rings. The number of halogens is 2. The van der Waals surface area contributed by atoms with Crippen molar-refractivity contribution < 1.29 is 40.3 Å². The number of carbonyl (C=O) groups excluding carboxylic acids is 1. The normalized spacial score (nSPS) is 13.2. The van der Waals surface area contributed by atoms with Crippen LogP contribution < -0.4 is 26.2 Å². The fourth-order valence-corrected chi connectivity index (χ4v) is 10.1. The monoisotopic (exact) mass is 943 g/mol. The van der Waals surface area contributed by atoms with Gasteiger partial charge in [0, 0.05) is 35.3 Å². The number of hydrogen-bond acceptors (Lipinski definition) is 13. The molecule has 0 radical (unpaired) electrons. The van der Waals surface area contributed by atoms with Gasteiger partial charge in [0.25, 0.3) is 0 Å². The molecule has 348 valence electrons. The summed E-state index contributed by atoms with van der Waals surface area (Å²) in [7, 11) is -8.81. The molecule has 0 saturated heterocycles. The minimum atomic E-state index is -4.49. The molecular formula is C46H51F2N9O7S2. The van der Waals surface area contributed by atoms with Crippen molar-refractivity contribution in [3.63, 3.8) is 0 Å². The Hall–Kier alpha value is -6.45. The zero-order chi connectivity index (χ0) is 48.2. The maximum Gasteiger partial charge on any atom is 0.407 e. The summed E-state index contributed by atoms with van der Waals surface area (Å²) in [6, 6.07) is 17.6. The number of sulfonamides is 2. The minimum absolute atomic E-state index is 0.00710. The molecule has 8 N–H and O–H groups in total. The van der Waals surface area contributed by atoms with Crippen molar-refractivity contribution in [1.82, 2.24) is 34.7 Å². The number of aromatic nitrogens is 4. The van der Waals surface area contributed by atoms with Crippen LogP contribution in [0.2, 0.25) is 0 Å². The van der Waals surface area contributed by atoms with E-state index in [9.17, 15) is 26.7 Å². The van der Waals surface area contributed by atoms with Gasteiger partial charge in [-0.25, -0.2) is 49.8 Å². The Morgan fingerprint density at radius 1 is 0.697 bits per heavy atom. The molecule has 0 fully saturated rings. The smallest absolute Gasteiger partial charge is 0.407 e. The van der Waals surface area contributed by atoms with Crippen LogP contribution in [-0.4, -0.2) is 79.3 Å². The van der Waals surface area contributed by atoms with E-state index in [0.717, 1.165) is 0 Å². The van der Waals surface area contributed by atoms with E-state index in [1.165, 1.54) is 85.5 Å². The first-order valence-electron chi connectivity index (χ1n) is 20.6. The number of rotatable bonds is 16. The Morgan fingerprint density at radius 2 is 1.26 bits per heavy atom. The fraction of sp³-hybridized carbons (Fsp3) is 0.283. The molecule has 1 amide bonds. The molecule has 0 bridgehead atoms. The molecule has 6 aromatic rings. The Labute approximate surface area is 382 Å². The fourth-order valence-electron chi connectivity index (χ4n) is 7.20. The topological polar surface area (TPSA) is 254 Å². The van der Waals surface area contributed by atoms with Gasteiger partial charge in [0.2, 0.25) is 20.0 Å². The molecule has 0 aliphatic carbocycles. The van der Waals surface area contributed by atoms with Crippen LogP contribution in [0.5, 0.6) is 0 Å². The first kappa shape index (κ1) is 49.0. The number of nitrogens with one attached hydrogen (secondary N) is 3. The third-order valence-corrected chi connectivity index (χ3v) is 14.1. The number of nitrogen functional groups attached to an aromatic ring is 2. The number of ether oxygens (including phenoxy) is 1. The summed E-state index contributed by atoms with van der Waals surface area (Å²) in [6.45, 7) is 9.21. The van der Waals surface area contributed by atoms with E-state index in [2.05, 4.69) is 34.7 Å². The van der Waals surface area contributed by atoms with E-state index < -0.39 is 67.4 Å². The highest BCUT2D eigenvalue weighted by Gasteiger charge is 2.40. The Kier molecular flexibility index (Phi) is 14.5. The van der Waals surface area contributed by atoms with E-state index in [0.29, 0.717) is 5.56 Å². The molecule has 0 unspecified atom stereocenters. The number of carbonyl (C=O) groups is 1. The van der Waals surface area contributed by atoms with Crippen LogP contribution in [0.15, 0.2) is 113 Å². The number of anilines is 2. The zero-order valence-electron chi connectivity index (χ0n) is 37.0. The van der Waals surface area contributed by atoms with Gasteiger partial charge in [-0.1, -0.05) is 63.2 Å². The van der Waals surface area contributed by atoms with E-state index >= 15 is 8.78 Å². The van der Waals surface area contributed by atoms with Crippen molar-refractivity contribution in [3.05, 3.63) is 121 Å². The number of aliphatic hydroxyl groups is 1. The van der Waals surface area contributed by atoms with Crippen molar-refractivity contribution in [3.8, 4) is 44.8 Å². The number of aliphatic hydroxyl groups excluding tert-OH is 1. The van der Waals surface area contributed by atoms with Crippen LogP contribution in [-0.2, 0) is 24.8 Å². The van der Waals surface area contributed by atoms with E-state index in [-0.39, 0.29) is 79.3 Å². The van der Waals surface area contributed by atoms with Gasteiger partial charge in [-0.15, -0.1) is 0 Å².